The second-order valence-corrected chi connectivity index (χ2v) is 8.03. The third-order valence-corrected chi connectivity index (χ3v) is 5.73. The molecule has 1 fully saturated rings. The van der Waals surface area contributed by atoms with Crippen molar-refractivity contribution >= 4 is 5.91 Å². The summed E-state index contributed by atoms with van der Waals surface area (Å²) in [7, 11) is 2.17. The maximum atomic E-state index is 12.7. The molecule has 2 aliphatic heterocycles. The first-order valence-electron chi connectivity index (χ1n) is 9.95. The highest BCUT2D eigenvalue weighted by Crippen LogP contribution is 2.25. The molecule has 2 aliphatic rings. The first kappa shape index (κ1) is 18.1. The summed E-state index contributed by atoms with van der Waals surface area (Å²) in [5.41, 5.74) is 4.51. The number of amides is 1. The van der Waals surface area contributed by atoms with Gasteiger partial charge in [0, 0.05) is 43.7 Å². The van der Waals surface area contributed by atoms with Crippen LogP contribution in [0.3, 0.4) is 0 Å². The number of likely N-dealkylation sites (tertiary alicyclic amines) is 1. The van der Waals surface area contributed by atoms with Crippen molar-refractivity contribution in [2.24, 2.45) is 0 Å². The van der Waals surface area contributed by atoms with E-state index < -0.39 is 0 Å². The van der Waals surface area contributed by atoms with Crippen molar-refractivity contribution in [1.29, 1.82) is 0 Å². The lowest BCUT2D eigenvalue weighted by Gasteiger charge is -2.31. The highest BCUT2D eigenvalue weighted by Gasteiger charge is 2.25. The molecule has 1 saturated heterocycles. The fourth-order valence-electron chi connectivity index (χ4n) is 4.23. The number of fused-ring (bicyclic) bond motifs is 1. The summed E-state index contributed by atoms with van der Waals surface area (Å²) in [6, 6.07) is 8.19. The first-order valence-corrected chi connectivity index (χ1v) is 9.95. The molecule has 142 valence electrons. The van der Waals surface area contributed by atoms with Gasteiger partial charge in [-0.25, -0.2) is 9.97 Å². The molecular formula is C22H28N4O. The number of likely N-dealkylation sites (N-methyl/N-ethyl adjacent to an activating group) is 1. The average Bonchev–Trinajstić information content (AvgIpc) is 2.67. The van der Waals surface area contributed by atoms with Crippen LogP contribution in [-0.4, -0.2) is 52.4 Å². The topological polar surface area (TPSA) is 49.3 Å². The molecule has 0 bridgehead atoms. The Kier molecular flexibility index (Phi) is 5.21. The number of carbonyl (C=O) groups excluding carboxylic acids is 1. The molecule has 1 amide bonds. The van der Waals surface area contributed by atoms with E-state index in [0.29, 0.717) is 18.9 Å². The summed E-state index contributed by atoms with van der Waals surface area (Å²) < 4.78 is 0. The number of piperidine rings is 1. The van der Waals surface area contributed by atoms with E-state index in [2.05, 4.69) is 36.0 Å². The van der Waals surface area contributed by atoms with Crippen molar-refractivity contribution in [1.82, 2.24) is 19.8 Å². The van der Waals surface area contributed by atoms with Gasteiger partial charge in [0.05, 0.1) is 12.1 Å². The van der Waals surface area contributed by atoms with Crippen LogP contribution in [0.25, 0.3) is 0 Å². The third-order valence-electron chi connectivity index (χ3n) is 5.73. The number of carbonyl (C=O) groups is 1. The summed E-state index contributed by atoms with van der Waals surface area (Å²) in [5, 5.41) is 0. The number of aryl methyl sites for hydroxylation is 1. The van der Waals surface area contributed by atoms with E-state index in [0.717, 1.165) is 42.2 Å². The minimum Gasteiger partial charge on any atom is -0.338 e. The zero-order valence-corrected chi connectivity index (χ0v) is 16.3. The Morgan fingerprint density at radius 3 is 3.00 bits per heavy atom. The van der Waals surface area contributed by atoms with Crippen molar-refractivity contribution in [3.63, 3.8) is 0 Å². The lowest BCUT2D eigenvalue weighted by molar-refractivity contribution is -0.131. The van der Waals surface area contributed by atoms with Crippen LogP contribution >= 0.6 is 0 Å². The highest BCUT2D eigenvalue weighted by atomic mass is 16.2. The molecule has 27 heavy (non-hydrogen) atoms. The van der Waals surface area contributed by atoms with E-state index in [-0.39, 0.29) is 5.91 Å². The van der Waals surface area contributed by atoms with E-state index in [9.17, 15) is 4.79 Å². The summed E-state index contributed by atoms with van der Waals surface area (Å²) in [5.74, 6) is 1.61. The maximum absolute atomic E-state index is 12.7. The van der Waals surface area contributed by atoms with Gasteiger partial charge in [-0.1, -0.05) is 29.8 Å². The molecule has 0 radical (unpaired) electrons. The van der Waals surface area contributed by atoms with Crippen LogP contribution in [0.5, 0.6) is 0 Å². The van der Waals surface area contributed by atoms with Crippen LogP contribution in [0.4, 0.5) is 0 Å². The van der Waals surface area contributed by atoms with Gasteiger partial charge >= 0.3 is 0 Å². The second kappa shape index (κ2) is 7.77. The lowest BCUT2D eigenvalue weighted by Crippen LogP contribution is -2.38. The molecule has 5 nitrogen and oxygen atoms in total. The van der Waals surface area contributed by atoms with Gasteiger partial charge < -0.3 is 9.80 Å². The molecule has 3 heterocycles. The SMILES string of the molecule is Cc1cccc(CC(=O)N2CCc3nc(C4CCCN(C)C4)ncc3C2)c1. The lowest BCUT2D eigenvalue weighted by atomic mass is 9.97. The summed E-state index contributed by atoms with van der Waals surface area (Å²) in [6.45, 7) is 5.65. The smallest absolute Gasteiger partial charge is 0.227 e. The largest absolute Gasteiger partial charge is 0.338 e. The van der Waals surface area contributed by atoms with Crippen molar-refractivity contribution in [3.05, 3.63) is 58.7 Å². The van der Waals surface area contributed by atoms with E-state index in [1.165, 1.54) is 24.9 Å². The Morgan fingerprint density at radius 1 is 1.30 bits per heavy atom. The monoisotopic (exact) mass is 364 g/mol. The molecular weight excluding hydrogens is 336 g/mol. The normalized spacial score (nSPS) is 20.4. The van der Waals surface area contributed by atoms with Crippen LogP contribution in [-0.2, 0) is 24.2 Å². The Morgan fingerprint density at radius 2 is 2.19 bits per heavy atom. The maximum Gasteiger partial charge on any atom is 0.227 e. The van der Waals surface area contributed by atoms with Crippen molar-refractivity contribution in [2.75, 3.05) is 26.7 Å². The van der Waals surface area contributed by atoms with Crippen LogP contribution < -0.4 is 0 Å². The Hall–Kier alpha value is -2.27. The average molecular weight is 364 g/mol. The molecule has 0 aliphatic carbocycles. The van der Waals surface area contributed by atoms with Crippen LogP contribution in [0.2, 0.25) is 0 Å². The van der Waals surface area contributed by atoms with Gasteiger partial charge in [0.1, 0.15) is 5.82 Å². The highest BCUT2D eigenvalue weighted by molar-refractivity contribution is 5.79. The first-order chi connectivity index (χ1) is 13.1. The number of hydrogen-bond donors (Lipinski definition) is 0. The van der Waals surface area contributed by atoms with Gasteiger partial charge in [-0.3, -0.25) is 4.79 Å². The van der Waals surface area contributed by atoms with Gasteiger partial charge in [0.2, 0.25) is 5.91 Å². The number of aromatic nitrogens is 2. The second-order valence-electron chi connectivity index (χ2n) is 8.03. The number of rotatable bonds is 3. The third kappa shape index (κ3) is 4.19. The summed E-state index contributed by atoms with van der Waals surface area (Å²) in [4.78, 5) is 26.6. The van der Waals surface area contributed by atoms with Crippen molar-refractivity contribution < 1.29 is 4.79 Å². The molecule has 4 rings (SSSR count). The van der Waals surface area contributed by atoms with Gasteiger partial charge in [-0.15, -0.1) is 0 Å². The van der Waals surface area contributed by atoms with Crippen LogP contribution in [0, 0.1) is 6.92 Å². The minimum atomic E-state index is 0.184. The zero-order valence-electron chi connectivity index (χ0n) is 16.3. The van der Waals surface area contributed by atoms with Gasteiger partial charge in [0.25, 0.3) is 0 Å². The molecule has 2 aromatic rings. The van der Waals surface area contributed by atoms with E-state index in [1.807, 2.05) is 23.2 Å². The van der Waals surface area contributed by atoms with Gasteiger partial charge in [-0.2, -0.15) is 0 Å². The fourth-order valence-corrected chi connectivity index (χ4v) is 4.23. The number of benzene rings is 1. The molecule has 1 aromatic carbocycles. The number of nitrogens with zero attached hydrogens (tertiary/aromatic N) is 4. The molecule has 1 aromatic heterocycles. The van der Waals surface area contributed by atoms with E-state index in [1.54, 1.807) is 0 Å². The molecule has 1 atom stereocenters. The van der Waals surface area contributed by atoms with E-state index >= 15 is 0 Å². The fraction of sp³-hybridized carbons (Fsp3) is 0.500. The summed E-state index contributed by atoms with van der Waals surface area (Å²) in [6.07, 6.45) is 5.63. The van der Waals surface area contributed by atoms with Crippen molar-refractivity contribution in [3.8, 4) is 0 Å². The Bertz CT molecular complexity index is 835. The molecule has 0 saturated carbocycles. The minimum absolute atomic E-state index is 0.184. The van der Waals surface area contributed by atoms with Gasteiger partial charge in [-0.05, 0) is 38.9 Å². The predicted molar refractivity (Wildman–Crippen MR) is 106 cm³/mol. The molecule has 5 heteroatoms. The zero-order chi connectivity index (χ0) is 18.8. The Balaban J connectivity index is 1.43. The van der Waals surface area contributed by atoms with Crippen molar-refractivity contribution in [2.45, 2.75) is 45.1 Å². The van der Waals surface area contributed by atoms with E-state index in [4.69, 9.17) is 4.98 Å². The molecule has 1 unspecified atom stereocenters. The number of hydrogen-bond acceptors (Lipinski definition) is 4. The molecule has 0 spiro atoms. The Labute approximate surface area is 161 Å². The predicted octanol–water partition coefficient (Wildman–Crippen LogP) is 2.72. The van der Waals surface area contributed by atoms with Gasteiger partial charge in [0.15, 0.2) is 0 Å². The molecule has 0 N–H and O–H groups in total. The van der Waals surface area contributed by atoms with Crippen LogP contribution in [0.1, 0.15) is 47.0 Å². The summed E-state index contributed by atoms with van der Waals surface area (Å²) >= 11 is 0. The quantitative estimate of drug-likeness (QED) is 0.840. The van der Waals surface area contributed by atoms with Crippen LogP contribution in [0.15, 0.2) is 30.5 Å². The standard InChI is InChI=1S/C22H28N4O/c1-16-5-3-6-17(11-16)12-21(27)26-10-8-20-19(15-26)13-23-22(24-20)18-7-4-9-25(2)14-18/h3,5-6,11,13,18H,4,7-10,12,14-15H2,1-2H3.